The molecule has 1 rings (SSSR count). The van der Waals surface area contributed by atoms with Crippen LogP contribution in [0.15, 0.2) is 0 Å². The Bertz CT molecular complexity index is 432. The lowest BCUT2D eigenvalue weighted by Gasteiger charge is -2.29. The SMILES string of the molecule is CS(=O)(=O)CCCNC(=O)C1(C#N)CCOCC1. The Morgan fingerprint density at radius 3 is 2.56 bits per heavy atom. The van der Waals surface area contributed by atoms with Gasteiger partial charge in [-0.15, -0.1) is 0 Å². The zero-order chi connectivity index (χ0) is 13.6. The predicted molar refractivity (Wildman–Crippen MR) is 65.4 cm³/mol. The summed E-state index contributed by atoms with van der Waals surface area (Å²) in [4.78, 5) is 11.9. The molecule has 102 valence electrons. The molecule has 0 unspecified atom stereocenters. The van der Waals surface area contributed by atoms with E-state index in [2.05, 4.69) is 11.4 Å². The van der Waals surface area contributed by atoms with E-state index in [4.69, 9.17) is 10.00 Å². The van der Waals surface area contributed by atoms with Gasteiger partial charge in [-0.25, -0.2) is 8.42 Å². The van der Waals surface area contributed by atoms with Crippen molar-refractivity contribution in [1.29, 1.82) is 5.26 Å². The van der Waals surface area contributed by atoms with E-state index in [1.807, 2.05) is 0 Å². The van der Waals surface area contributed by atoms with E-state index >= 15 is 0 Å². The van der Waals surface area contributed by atoms with Gasteiger partial charge in [-0.3, -0.25) is 4.79 Å². The summed E-state index contributed by atoms with van der Waals surface area (Å²) >= 11 is 0. The van der Waals surface area contributed by atoms with E-state index in [9.17, 15) is 13.2 Å². The van der Waals surface area contributed by atoms with E-state index < -0.39 is 15.3 Å². The van der Waals surface area contributed by atoms with Gasteiger partial charge < -0.3 is 10.1 Å². The lowest BCUT2D eigenvalue weighted by Crippen LogP contribution is -2.44. The van der Waals surface area contributed by atoms with Crippen LogP contribution in [0.3, 0.4) is 0 Å². The Morgan fingerprint density at radius 1 is 1.44 bits per heavy atom. The van der Waals surface area contributed by atoms with Crippen molar-refractivity contribution < 1.29 is 17.9 Å². The normalized spacial score (nSPS) is 18.9. The predicted octanol–water partition coefficient (Wildman–Crippen LogP) is -0.142. The smallest absolute Gasteiger partial charge is 0.240 e. The monoisotopic (exact) mass is 274 g/mol. The van der Waals surface area contributed by atoms with Crippen molar-refractivity contribution in [2.24, 2.45) is 5.41 Å². The molecule has 1 aliphatic rings. The van der Waals surface area contributed by atoms with Crippen molar-refractivity contribution in [2.75, 3.05) is 31.8 Å². The standard InChI is InChI=1S/C11H18N2O4S/c1-18(15,16)8-2-5-13-10(14)11(9-12)3-6-17-7-4-11/h2-8H2,1H3,(H,13,14). The fraction of sp³-hybridized carbons (Fsp3) is 0.818. The van der Waals surface area contributed by atoms with E-state index in [0.717, 1.165) is 6.26 Å². The van der Waals surface area contributed by atoms with Crippen LogP contribution < -0.4 is 5.32 Å². The Labute approximate surface area is 107 Å². The number of carbonyl (C=O) groups is 1. The van der Waals surface area contributed by atoms with Crippen LogP contribution in [0.1, 0.15) is 19.3 Å². The van der Waals surface area contributed by atoms with Gasteiger partial charge in [-0.05, 0) is 19.3 Å². The maximum Gasteiger partial charge on any atom is 0.240 e. The number of nitrogens with zero attached hydrogens (tertiary/aromatic N) is 1. The minimum absolute atomic E-state index is 0.0376. The summed E-state index contributed by atoms with van der Waals surface area (Å²) in [5.74, 6) is -0.280. The van der Waals surface area contributed by atoms with Crippen LogP contribution >= 0.6 is 0 Å². The van der Waals surface area contributed by atoms with Crippen LogP contribution in [0.25, 0.3) is 0 Å². The summed E-state index contributed by atoms with van der Waals surface area (Å²) in [5, 5.41) is 11.8. The first-order valence-electron chi connectivity index (χ1n) is 5.85. The van der Waals surface area contributed by atoms with Gasteiger partial charge in [0.05, 0.1) is 11.8 Å². The average Bonchev–Trinajstić information content (AvgIpc) is 2.34. The topological polar surface area (TPSA) is 96.3 Å². The fourth-order valence-electron chi connectivity index (χ4n) is 1.81. The van der Waals surface area contributed by atoms with E-state index in [-0.39, 0.29) is 18.2 Å². The third-order valence-corrected chi connectivity index (χ3v) is 4.00. The lowest BCUT2D eigenvalue weighted by molar-refractivity contribution is -0.132. The van der Waals surface area contributed by atoms with Crippen LogP contribution in [-0.4, -0.2) is 46.1 Å². The summed E-state index contributed by atoms with van der Waals surface area (Å²) in [7, 11) is -3.00. The van der Waals surface area contributed by atoms with Crippen molar-refractivity contribution in [3.63, 3.8) is 0 Å². The molecule has 0 saturated carbocycles. The van der Waals surface area contributed by atoms with Crippen LogP contribution in [0.5, 0.6) is 0 Å². The van der Waals surface area contributed by atoms with Gasteiger partial charge in [0, 0.05) is 26.0 Å². The second-order valence-electron chi connectivity index (χ2n) is 4.55. The number of rotatable bonds is 5. The molecule has 0 bridgehead atoms. The van der Waals surface area contributed by atoms with Crippen LogP contribution in [-0.2, 0) is 19.4 Å². The van der Waals surface area contributed by atoms with Crippen molar-refractivity contribution in [1.82, 2.24) is 5.32 Å². The summed E-state index contributed by atoms with van der Waals surface area (Å²) in [5.41, 5.74) is -1.01. The maximum absolute atomic E-state index is 11.9. The zero-order valence-corrected chi connectivity index (χ0v) is 11.3. The minimum atomic E-state index is -3.00. The molecule has 0 radical (unpaired) electrons. The van der Waals surface area contributed by atoms with Crippen molar-refractivity contribution in [2.45, 2.75) is 19.3 Å². The molecule has 0 atom stereocenters. The summed E-state index contributed by atoms with van der Waals surface area (Å²) in [6.45, 7) is 1.09. The third-order valence-electron chi connectivity index (χ3n) is 2.97. The highest BCUT2D eigenvalue weighted by molar-refractivity contribution is 7.90. The van der Waals surface area contributed by atoms with Crippen molar-refractivity contribution >= 4 is 15.7 Å². The first kappa shape index (κ1) is 14.9. The number of hydrogen-bond acceptors (Lipinski definition) is 5. The molecule has 0 spiro atoms. The number of sulfone groups is 1. The molecule has 1 heterocycles. The molecule has 7 heteroatoms. The molecule has 1 fully saturated rings. The van der Waals surface area contributed by atoms with E-state index in [1.54, 1.807) is 0 Å². The molecule has 1 N–H and O–H groups in total. The molecule has 6 nitrogen and oxygen atoms in total. The molecule has 0 aromatic rings. The van der Waals surface area contributed by atoms with Crippen molar-refractivity contribution in [3.8, 4) is 6.07 Å². The average molecular weight is 274 g/mol. The number of carbonyl (C=O) groups excluding carboxylic acids is 1. The molecule has 0 aliphatic carbocycles. The highest BCUT2D eigenvalue weighted by Gasteiger charge is 2.40. The van der Waals surface area contributed by atoms with Crippen LogP contribution in [0.4, 0.5) is 0 Å². The van der Waals surface area contributed by atoms with Crippen molar-refractivity contribution in [3.05, 3.63) is 0 Å². The first-order valence-corrected chi connectivity index (χ1v) is 7.91. The maximum atomic E-state index is 11.9. The van der Waals surface area contributed by atoms with Gasteiger partial charge >= 0.3 is 0 Å². The van der Waals surface area contributed by atoms with Gasteiger partial charge in [-0.1, -0.05) is 0 Å². The molecule has 1 saturated heterocycles. The molecule has 18 heavy (non-hydrogen) atoms. The zero-order valence-electron chi connectivity index (χ0n) is 10.4. The highest BCUT2D eigenvalue weighted by atomic mass is 32.2. The largest absolute Gasteiger partial charge is 0.381 e. The van der Waals surface area contributed by atoms with Gasteiger partial charge in [-0.2, -0.15) is 5.26 Å². The van der Waals surface area contributed by atoms with Gasteiger partial charge in [0.15, 0.2) is 0 Å². The highest BCUT2D eigenvalue weighted by Crippen LogP contribution is 2.29. The summed E-state index contributed by atoms with van der Waals surface area (Å²) in [6.07, 6.45) is 2.30. The molecular formula is C11H18N2O4S. The molecule has 1 amide bonds. The Morgan fingerprint density at radius 2 is 2.06 bits per heavy atom. The second-order valence-corrected chi connectivity index (χ2v) is 6.81. The lowest BCUT2D eigenvalue weighted by atomic mass is 9.81. The third kappa shape index (κ3) is 4.27. The number of ether oxygens (including phenoxy) is 1. The van der Waals surface area contributed by atoms with E-state index in [1.165, 1.54) is 0 Å². The quantitative estimate of drug-likeness (QED) is 0.704. The number of amides is 1. The van der Waals surface area contributed by atoms with Gasteiger partial charge in [0.25, 0.3) is 0 Å². The number of hydrogen-bond donors (Lipinski definition) is 1. The van der Waals surface area contributed by atoms with Crippen LogP contribution in [0, 0.1) is 16.7 Å². The minimum Gasteiger partial charge on any atom is -0.381 e. The second kappa shape index (κ2) is 6.16. The van der Waals surface area contributed by atoms with Gasteiger partial charge in [0.1, 0.15) is 15.3 Å². The molecular weight excluding hydrogens is 256 g/mol. The summed E-state index contributed by atoms with van der Waals surface area (Å²) < 4.78 is 27.0. The number of nitrogens with one attached hydrogen (secondary N) is 1. The Kier molecular flexibility index (Phi) is 5.11. The fourth-order valence-corrected chi connectivity index (χ4v) is 2.48. The molecule has 0 aromatic heterocycles. The molecule has 1 aliphatic heterocycles. The Hall–Kier alpha value is -1.13. The molecule has 0 aromatic carbocycles. The van der Waals surface area contributed by atoms with Gasteiger partial charge in [0.2, 0.25) is 5.91 Å². The van der Waals surface area contributed by atoms with Crippen LogP contribution in [0.2, 0.25) is 0 Å². The first-order chi connectivity index (χ1) is 8.40. The number of nitriles is 1. The van der Waals surface area contributed by atoms with E-state index in [0.29, 0.717) is 32.5 Å². The summed E-state index contributed by atoms with van der Waals surface area (Å²) in [6, 6.07) is 2.06. The Balaban J connectivity index is 2.42.